The molecule has 1 fully saturated rings. The van der Waals surface area contributed by atoms with Crippen LogP contribution >= 0.6 is 0 Å². The van der Waals surface area contributed by atoms with Gasteiger partial charge in [-0.2, -0.15) is 13.2 Å². The molecule has 3 heterocycles. The molecule has 0 radical (unpaired) electrons. The molecule has 2 aromatic heterocycles. The topological polar surface area (TPSA) is 136 Å². The first-order valence-corrected chi connectivity index (χ1v) is 16.1. The summed E-state index contributed by atoms with van der Waals surface area (Å²) in [6, 6.07) is 13.7. The molecule has 2 aromatic carbocycles. The number of nitrogens with zero attached hydrogens (tertiary/aromatic N) is 4. The van der Waals surface area contributed by atoms with Crippen molar-refractivity contribution in [3.05, 3.63) is 67.0 Å². The first kappa shape index (κ1) is 33.6. The van der Waals surface area contributed by atoms with Crippen molar-refractivity contribution in [1.29, 1.82) is 0 Å². The molecule has 1 saturated heterocycles. The Balaban J connectivity index is 1.38. The number of carbonyl (C=O) groups excluding carboxylic acids is 1. The summed E-state index contributed by atoms with van der Waals surface area (Å²) in [5.41, 5.74) is 0.0861. The standard InChI is InChI=1S/C31H32F4N6O5S/c1-30(2,3)46-29(42)41-16-19(32)15-20(17-41)38-28-37-14-12-24(39-28)23-9-6-13-36-27(23)45-26-11-10-25(21-7-4-5-8-22(21)26)40-47(43,44)18-31(33,34)35/h4-14,19-20,40H,15-18H2,1-3H3,(H,37,38,39)/t19-,20-/m0/s1. The van der Waals surface area contributed by atoms with Crippen LogP contribution in [0.4, 0.5) is 34.0 Å². The van der Waals surface area contributed by atoms with Gasteiger partial charge >= 0.3 is 12.3 Å². The van der Waals surface area contributed by atoms with Gasteiger partial charge < -0.3 is 19.7 Å². The summed E-state index contributed by atoms with van der Waals surface area (Å²) < 4.78 is 91.0. The van der Waals surface area contributed by atoms with Crippen molar-refractivity contribution >= 4 is 38.5 Å². The minimum Gasteiger partial charge on any atom is -0.444 e. The van der Waals surface area contributed by atoms with Crippen molar-refractivity contribution in [2.45, 2.75) is 51.2 Å². The number of alkyl halides is 4. The Kier molecular flexibility index (Phi) is 9.43. The van der Waals surface area contributed by atoms with Crippen LogP contribution < -0.4 is 14.8 Å². The van der Waals surface area contributed by atoms with Crippen molar-refractivity contribution in [1.82, 2.24) is 19.9 Å². The number of anilines is 2. The second-order valence-electron chi connectivity index (χ2n) is 11.9. The zero-order valence-corrected chi connectivity index (χ0v) is 26.4. The average Bonchev–Trinajstić information content (AvgIpc) is 2.96. The van der Waals surface area contributed by atoms with Gasteiger partial charge in [0.1, 0.15) is 17.5 Å². The van der Waals surface area contributed by atoms with Crippen molar-refractivity contribution in [2.24, 2.45) is 0 Å². The van der Waals surface area contributed by atoms with Crippen molar-refractivity contribution < 1.29 is 40.2 Å². The molecule has 1 aliphatic heterocycles. The molecule has 47 heavy (non-hydrogen) atoms. The lowest BCUT2D eigenvalue weighted by Gasteiger charge is -2.36. The van der Waals surface area contributed by atoms with Crippen molar-refractivity contribution in [3.63, 3.8) is 0 Å². The minimum absolute atomic E-state index is 0.0478. The van der Waals surface area contributed by atoms with Crippen LogP contribution in [0.2, 0.25) is 0 Å². The number of fused-ring (bicyclic) bond motifs is 1. The van der Waals surface area contributed by atoms with E-state index in [0.717, 1.165) is 0 Å². The molecule has 4 aromatic rings. The number of carbonyl (C=O) groups is 1. The molecular weight excluding hydrogens is 644 g/mol. The fraction of sp³-hybridized carbons (Fsp3) is 0.355. The first-order valence-electron chi connectivity index (χ1n) is 14.5. The summed E-state index contributed by atoms with van der Waals surface area (Å²) in [6.07, 6.45) is -3.68. The van der Waals surface area contributed by atoms with E-state index in [4.69, 9.17) is 9.47 Å². The lowest BCUT2D eigenvalue weighted by atomic mass is 10.0. The summed E-state index contributed by atoms with van der Waals surface area (Å²) in [6.45, 7) is 5.30. The largest absolute Gasteiger partial charge is 0.444 e. The number of pyridine rings is 1. The fourth-order valence-electron chi connectivity index (χ4n) is 5.02. The Morgan fingerprint density at radius 2 is 1.72 bits per heavy atom. The van der Waals surface area contributed by atoms with Crippen LogP contribution in [-0.4, -0.2) is 77.2 Å². The number of aromatic nitrogens is 3. The molecule has 0 unspecified atom stereocenters. The number of hydrogen-bond donors (Lipinski definition) is 2. The van der Waals surface area contributed by atoms with Gasteiger partial charge in [-0.3, -0.25) is 4.72 Å². The van der Waals surface area contributed by atoms with Gasteiger partial charge in [-0.05, 0) is 51.1 Å². The molecule has 11 nitrogen and oxygen atoms in total. The summed E-state index contributed by atoms with van der Waals surface area (Å²) in [4.78, 5) is 27.1. The van der Waals surface area contributed by atoms with E-state index in [-0.39, 0.29) is 42.8 Å². The molecule has 0 aliphatic carbocycles. The third-order valence-electron chi connectivity index (χ3n) is 6.80. The molecule has 2 N–H and O–H groups in total. The molecule has 1 amide bonds. The summed E-state index contributed by atoms with van der Waals surface area (Å²) in [7, 11) is -4.73. The Bertz CT molecular complexity index is 1870. The number of nitrogens with one attached hydrogen (secondary N) is 2. The van der Waals surface area contributed by atoms with Crippen molar-refractivity contribution in [3.8, 4) is 22.9 Å². The smallest absolute Gasteiger partial charge is 0.410 e. The number of halogens is 4. The number of benzene rings is 2. The third kappa shape index (κ3) is 8.96. The van der Waals surface area contributed by atoms with E-state index < -0.39 is 45.9 Å². The highest BCUT2D eigenvalue weighted by atomic mass is 32.2. The maximum atomic E-state index is 14.6. The fourth-order valence-corrected chi connectivity index (χ4v) is 6.03. The monoisotopic (exact) mass is 676 g/mol. The lowest BCUT2D eigenvalue weighted by molar-refractivity contribution is -0.106. The number of rotatable bonds is 8. The van der Waals surface area contributed by atoms with Crippen LogP contribution in [0.25, 0.3) is 22.0 Å². The molecule has 0 bridgehead atoms. The highest BCUT2D eigenvalue weighted by Gasteiger charge is 2.36. The lowest BCUT2D eigenvalue weighted by Crippen LogP contribution is -2.51. The van der Waals surface area contributed by atoms with E-state index in [2.05, 4.69) is 20.3 Å². The normalized spacial score (nSPS) is 17.3. The summed E-state index contributed by atoms with van der Waals surface area (Å²) in [5.74, 6) is -1.46. The number of sulfonamides is 1. The Hall–Kier alpha value is -4.73. The van der Waals surface area contributed by atoms with E-state index >= 15 is 0 Å². The Morgan fingerprint density at radius 3 is 2.45 bits per heavy atom. The molecule has 0 saturated carbocycles. The van der Waals surface area contributed by atoms with Gasteiger partial charge in [0.15, 0.2) is 5.75 Å². The van der Waals surface area contributed by atoms with Crippen LogP contribution in [0.3, 0.4) is 0 Å². The van der Waals surface area contributed by atoms with Gasteiger partial charge in [-0.1, -0.05) is 24.3 Å². The van der Waals surface area contributed by atoms with Crippen molar-refractivity contribution in [2.75, 3.05) is 28.9 Å². The summed E-state index contributed by atoms with van der Waals surface area (Å²) >= 11 is 0. The van der Waals surface area contributed by atoms with Gasteiger partial charge in [0.25, 0.3) is 0 Å². The first-order chi connectivity index (χ1) is 22.1. The van der Waals surface area contributed by atoms with E-state index in [1.54, 1.807) is 63.2 Å². The van der Waals surface area contributed by atoms with Crippen LogP contribution in [0.1, 0.15) is 27.2 Å². The second-order valence-corrected chi connectivity index (χ2v) is 13.6. The summed E-state index contributed by atoms with van der Waals surface area (Å²) in [5, 5.41) is 3.82. The number of piperidine rings is 1. The average molecular weight is 677 g/mol. The molecule has 5 rings (SSSR count). The quantitative estimate of drug-likeness (QED) is 0.199. The molecule has 250 valence electrons. The van der Waals surface area contributed by atoms with Gasteiger partial charge in [-0.15, -0.1) is 0 Å². The van der Waals surface area contributed by atoms with E-state index in [0.29, 0.717) is 22.0 Å². The predicted octanol–water partition coefficient (Wildman–Crippen LogP) is 6.55. The van der Waals surface area contributed by atoms with Gasteiger partial charge in [0, 0.05) is 42.2 Å². The molecular formula is C31H32F4N6O5S. The third-order valence-corrected chi connectivity index (χ3v) is 8.04. The van der Waals surface area contributed by atoms with E-state index in [9.17, 15) is 30.8 Å². The SMILES string of the molecule is CC(C)(C)OC(=O)N1C[C@@H](F)C[C@H](Nc2nccc(-c3cccnc3Oc3ccc(NS(=O)(=O)CC(F)(F)F)c4ccccc34)n2)C1. The minimum atomic E-state index is -4.91. The van der Waals surface area contributed by atoms with E-state index in [1.165, 1.54) is 29.4 Å². The maximum absolute atomic E-state index is 14.6. The number of likely N-dealkylation sites (tertiary alicyclic amines) is 1. The molecule has 1 aliphatic rings. The van der Waals surface area contributed by atoms with Crippen LogP contribution in [0.15, 0.2) is 67.0 Å². The highest BCUT2D eigenvalue weighted by molar-refractivity contribution is 7.92. The van der Waals surface area contributed by atoms with Gasteiger partial charge in [0.2, 0.25) is 21.9 Å². The number of ether oxygens (including phenoxy) is 2. The molecule has 2 atom stereocenters. The zero-order valence-electron chi connectivity index (χ0n) is 25.6. The molecule has 16 heteroatoms. The zero-order chi connectivity index (χ0) is 34.0. The van der Waals surface area contributed by atoms with Gasteiger partial charge in [0.05, 0.1) is 23.5 Å². The van der Waals surface area contributed by atoms with Crippen LogP contribution in [-0.2, 0) is 14.8 Å². The number of hydrogen-bond acceptors (Lipinski definition) is 9. The Labute approximate surface area is 268 Å². The predicted molar refractivity (Wildman–Crippen MR) is 167 cm³/mol. The molecule has 0 spiro atoms. The Morgan fingerprint density at radius 1 is 0.979 bits per heavy atom. The van der Waals surface area contributed by atoms with Crippen LogP contribution in [0, 0.1) is 0 Å². The van der Waals surface area contributed by atoms with Crippen LogP contribution in [0.5, 0.6) is 11.6 Å². The number of amides is 1. The second kappa shape index (κ2) is 13.2. The van der Waals surface area contributed by atoms with Gasteiger partial charge in [-0.25, -0.2) is 32.6 Å². The maximum Gasteiger partial charge on any atom is 0.410 e. The van der Waals surface area contributed by atoms with E-state index in [1.807, 2.05) is 4.72 Å². The highest BCUT2D eigenvalue weighted by Crippen LogP contribution is 2.37.